The Kier molecular flexibility index (Phi) is 4.08. The first-order chi connectivity index (χ1) is 13.2. The molecule has 0 amide bonds. The lowest BCUT2D eigenvalue weighted by Crippen LogP contribution is -2.60. The molecule has 5 rings (SSSR count). The van der Waals surface area contributed by atoms with E-state index in [1.165, 1.54) is 16.7 Å². The Morgan fingerprint density at radius 3 is 2.89 bits per heavy atom. The molecule has 2 aromatic rings. The SMILES string of the molecule is CN1CC[C@@]23CC(=O)CC[C@@H]2[C@@H]1Cc1ccc(OCc2ccccc2)cc13. The quantitative estimate of drug-likeness (QED) is 0.823. The fourth-order valence-electron chi connectivity index (χ4n) is 5.83. The zero-order valence-electron chi connectivity index (χ0n) is 16.0. The van der Waals surface area contributed by atoms with Gasteiger partial charge < -0.3 is 9.64 Å². The van der Waals surface area contributed by atoms with Crippen molar-refractivity contribution < 1.29 is 9.53 Å². The van der Waals surface area contributed by atoms with E-state index in [4.69, 9.17) is 4.74 Å². The van der Waals surface area contributed by atoms with E-state index in [0.29, 0.717) is 24.3 Å². The number of likely N-dealkylation sites (N-methyl/N-ethyl adjacent to an activating group) is 1. The number of Topliss-reactive ketones (excluding diaryl/α,β-unsaturated/α-hetero) is 1. The number of ether oxygens (including phenoxy) is 1. The van der Waals surface area contributed by atoms with Crippen molar-refractivity contribution in [2.75, 3.05) is 13.6 Å². The fraction of sp³-hybridized carbons (Fsp3) is 0.458. The summed E-state index contributed by atoms with van der Waals surface area (Å²) in [6.45, 7) is 1.67. The lowest BCUT2D eigenvalue weighted by molar-refractivity contribution is -0.126. The molecule has 2 fully saturated rings. The Hall–Kier alpha value is -2.13. The Morgan fingerprint density at radius 2 is 2.04 bits per heavy atom. The van der Waals surface area contributed by atoms with Gasteiger partial charge in [-0.1, -0.05) is 36.4 Å². The predicted molar refractivity (Wildman–Crippen MR) is 106 cm³/mol. The number of ketones is 1. The number of likely N-dealkylation sites (tertiary alicyclic amines) is 1. The van der Waals surface area contributed by atoms with Crippen molar-refractivity contribution in [1.29, 1.82) is 0 Å². The zero-order valence-corrected chi connectivity index (χ0v) is 16.0. The summed E-state index contributed by atoms with van der Waals surface area (Å²) in [5, 5.41) is 0. The summed E-state index contributed by atoms with van der Waals surface area (Å²) in [6.07, 6.45) is 4.72. The lowest BCUT2D eigenvalue weighted by atomic mass is 9.52. The summed E-state index contributed by atoms with van der Waals surface area (Å²) in [4.78, 5) is 15.0. The van der Waals surface area contributed by atoms with Gasteiger partial charge in [-0.2, -0.15) is 0 Å². The number of fused-ring (bicyclic) bond motifs is 1. The number of benzene rings is 2. The first-order valence-corrected chi connectivity index (χ1v) is 10.2. The molecule has 3 nitrogen and oxygen atoms in total. The number of nitrogens with zero attached hydrogens (tertiary/aromatic N) is 1. The summed E-state index contributed by atoms with van der Waals surface area (Å²) in [7, 11) is 2.26. The standard InChI is InChI=1S/C24H27NO2/c1-25-12-11-24-15-19(26)8-10-21(24)23(25)13-18-7-9-20(14-22(18)24)27-16-17-5-3-2-4-6-17/h2-7,9,14,21,23H,8,10-13,15-16H2,1H3/t21-,23+,24-/m1/s1. The van der Waals surface area contributed by atoms with Crippen LogP contribution in [0.2, 0.25) is 0 Å². The van der Waals surface area contributed by atoms with Gasteiger partial charge >= 0.3 is 0 Å². The molecule has 2 aliphatic carbocycles. The molecule has 0 N–H and O–H groups in total. The summed E-state index contributed by atoms with van der Waals surface area (Å²) in [5.74, 6) is 1.98. The van der Waals surface area contributed by atoms with E-state index >= 15 is 0 Å². The highest BCUT2D eigenvalue weighted by molar-refractivity contribution is 5.81. The van der Waals surface area contributed by atoms with Crippen molar-refractivity contribution in [2.24, 2.45) is 5.92 Å². The highest BCUT2D eigenvalue weighted by Gasteiger charge is 2.54. The maximum Gasteiger partial charge on any atom is 0.133 e. The first-order valence-electron chi connectivity index (χ1n) is 10.2. The van der Waals surface area contributed by atoms with Crippen LogP contribution in [0.1, 0.15) is 42.4 Å². The molecule has 3 heteroatoms. The average Bonchev–Trinajstić information content (AvgIpc) is 2.70. The molecule has 3 aliphatic rings. The summed E-state index contributed by atoms with van der Waals surface area (Å²) in [5.41, 5.74) is 4.03. The molecule has 1 saturated carbocycles. The van der Waals surface area contributed by atoms with E-state index in [1.807, 2.05) is 18.2 Å². The van der Waals surface area contributed by atoms with Crippen molar-refractivity contribution in [3.05, 3.63) is 65.2 Å². The molecule has 1 heterocycles. The van der Waals surface area contributed by atoms with Crippen LogP contribution in [-0.2, 0) is 23.2 Å². The molecule has 1 saturated heterocycles. The largest absolute Gasteiger partial charge is 0.489 e. The third-order valence-corrected chi connectivity index (χ3v) is 7.19. The van der Waals surface area contributed by atoms with Gasteiger partial charge in [-0.3, -0.25) is 4.79 Å². The van der Waals surface area contributed by atoms with Gasteiger partial charge in [0.1, 0.15) is 18.1 Å². The van der Waals surface area contributed by atoms with Crippen molar-refractivity contribution in [3.63, 3.8) is 0 Å². The maximum absolute atomic E-state index is 12.5. The third-order valence-electron chi connectivity index (χ3n) is 7.19. The van der Waals surface area contributed by atoms with E-state index in [-0.39, 0.29) is 5.41 Å². The minimum Gasteiger partial charge on any atom is -0.489 e. The molecule has 27 heavy (non-hydrogen) atoms. The minimum atomic E-state index is 0.0339. The van der Waals surface area contributed by atoms with E-state index in [0.717, 1.165) is 44.4 Å². The Bertz CT molecular complexity index is 862. The molecular formula is C24H27NO2. The van der Waals surface area contributed by atoms with Crippen molar-refractivity contribution in [3.8, 4) is 5.75 Å². The smallest absolute Gasteiger partial charge is 0.133 e. The Labute approximate surface area is 161 Å². The van der Waals surface area contributed by atoms with Gasteiger partial charge in [0.25, 0.3) is 0 Å². The van der Waals surface area contributed by atoms with E-state index < -0.39 is 0 Å². The Morgan fingerprint density at radius 1 is 1.19 bits per heavy atom. The second kappa shape index (κ2) is 6.49. The van der Waals surface area contributed by atoms with Crippen molar-refractivity contribution in [2.45, 2.75) is 50.2 Å². The van der Waals surface area contributed by atoms with Crippen LogP contribution < -0.4 is 4.74 Å². The van der Waals surface area contributed by atoms with Crippen LogP contribution in [0.5, 0.6) is 5.75 Å². The number of piperidine rings is 1. The molecule has 140 valence electrons. The summed E-state index contributed by atoms with van der Waals surface area (Å²) < 4.78 is 6.12. The molecule has 2 bridgehead atoms. The highest BCUT2D eigenvalue weighted by Crippen LogP contribution is 2.55. The number of hydrogen-bond acceptors (Lipinski definition) is 3. The fourth-order valence-corrected chi connectivity index (χ4v) is 5.83. The van der Waals surface area contributed by atoms with E-state index in [1.54, 1.807) is 0 Å². The molecule has 0 spiro atoms. The molecule has 0 radical (unpaired) electrons. The van der Waals surface area contributed by atoms with Gasteiger partial charge in [0.05, 0.1) is 0 Å². The normalized spacial score (nSPS) is 29.7. The second-order valence-electron chi connectivity index (χ2n) is 8.61. The molecular weight excluding hydrogens is 334 g/mol. The lowest BCUT2D eigenvalue weighted by Gasteiger charge is -2.58. The summed E-state index contributed by atoms with van der Waals surface area (Å²) in [6, 6.07) is 17.5. The zero-order chi connectivity index (χ0) is 18.4. The first kappa shape index (κ1) is 17.0. The van der Waals surface area contributed by atoms with Crippen LogP contribution in [0.15, 0.2) is 48.5 Å². The molecule has 0 aromatic heterocycles. The van der Waals surface area contributed by atoms with Crippen molar-refractivity contribution in [1.82, 2.24) is 4.90 Å². The van der Waals surface area contributed by atoms with Crippen molar-refractivity contribution >= 4 is 5.78 Å². The maximum atomic E-state index is 12.5. The van der Waals surface area contributed by atoms with Crippen LogP contribution >= 0.6 is 0 Å². The predicted octanol–water partition coefficient (Wildman–Crippen LogP) is 4.13. The Balaban J connectivity index is 1.49. The number of carbonyl (C=O) groups excluding carboxylic acids is 1. The van der Waals surface area contributed by atoms with Gasteiger partial charge in [0.15, 0.2) is 0 Å². The van der Waals surface area contributed by atoms with Crippen LogP contribution in [-0.4, -0.2) is 30.3 Å². The van der Waals surface area contributed by atoms with Crippen LogP contribution in [0.4, 0.5) is 0 Å². The van der Waals surface area contributed by atoms with Gasteiger partial charge in [0.2, 0.25) is 0 Å². The number of carbonyl (C=O) groups is 1. The summed E-state index contributed by atoms with van der Waals surface area (Å²) >= 11 is 0. The number of hydrogen-bond donors (Lipinski definition) is 0. The molecule has 3 atom stereocenters. The van der Waals surface area contributed by atoms with Gasteiger partial charge in [-0.05, 0) is 67.6 Å². The van der Waals surface area contributed by atoms with E-state index in [9.17, 15) is 4.79 Å². The monoisotopic (exact) mass is 361 g/mol. The third kappa shape index (κ3) is 2.80. The van der Waals surface area contributed by atoms with Gasteiger partial charge in [-0.15, -0.1) is 0 Å². The van der Waals surface area contributed by atoms with Gasteiger partial charge in [0, 0.05) is 24.3 Å². The van der Waals surface area contributed by atoms with Crippen LogP contribution in [0.3, 0.4) is 0 Å². The minimum absolute atomic E-state index is 0.0339. The molecule has 2 aromatic carbocycles. The molecule has 1 aliphatic heterocycles. The molecule has 0 unspecified atom stereocenters. The van der Waals surface area contributed by atoms with Crippen LogP contribution in [0.25, 0.3) is 0 Å². The van der Waals surface area contributed by atoms with E-state index in [2.05, 4.69) is 42.3 Å². The number of rotatable bonds is 3. The van der Waals surface area contributed by atoms with Gasteiger partial charge in [-0.25, -0.2) is 0 Å². The average molecular weight is 361 g/mol. The highest BCUT2D eigenvalue weighted by atomic mass is 16.5. The van der Waals surface area contributed by atoms with Crippen LogP contribution in [0, 0.1) is 5.92 Å². The second-order valence-corrected chi connectivity index (χ2v) is 8.61. The topological polar surface area (TPSA) is 29.5 Å².